The number of esters is 2. The van der Waals surface area contributed by atoms with Crippen molar-refractivity contribution in [2.75, 3.05) is 19.5 Å². The predicted octanol–water partition coefficient (Wildman–Crippen LogP) is 4.01. The minimum Gasteiger partial charge on any atom is -0.459 e. The molecule has 0 aliphatic carbocycles. The van der Waals surface area contributed by atoms with Gasteiger partial charge in [0.2, 0.25) is 15.0 Å². The van der Waals surface area contributed by atoms with Crippen LogP contribution in [0.4, 0.5) is 0 Å². The molecular formula is C30H30ClN3O8S. The molecule has 1 saturated heterocycles. The van der Waals surface area contributed by atoms with Crippen LogP contribution in [0.2, 0.25) is 5.15 Å². The van der Waals surface area contributed by atoms with Crippen LogP contribution < -0.4 is 0 Å². The van der Waals surface area contributed by atoms with Gasteiger partial charge < -0.3 is 23.9 Å². The van der Waals surface area contributed by atoms with Crippen molar-refractivity contribution in [2.24, 2.45) is 0 Å². The smallest absolute Gasteiger partial charge is 0.338 e. The monoisotopic (exact) mass is 627 g/mol. The Morgan fingerprint density at radius 1 is 1.02 bits per heavy atom. The van der Waals surface area contributed by atoms with Gasteiger partial charge >= 0.3 is 11.9 Å². The van der Waals surface area contributed by atoms with Gasteiger partial charge in [-0.1, -0.05) is 47.0 Å². The van der Waals surface area contributed by atoms with Crippen molar-refractivity contribution in [3.05, 3.63) is 87.7 Å². The van der Waals surface area contributed by atoms with Gasteiger partial charge in [-0.15, -0.1) is 0 Å². The molecule has 3 heterocycles. The number of hydrogen-bond acceptors (Lipinski definition) is 10. The number of aliphatic hydroxyl groups excluding tert-OH is 1. The Labute approximate surface area is 253 Å². The van der Waals surface area contributed by atoms with E-state index in [9.17, 15) is 23.1 Å². The van der Waals surface area contributed by atoms with E-state index in [4.69, 9.17) is 25.8 Å². The maximum absolute atomic E-state index is 13.1. The van der Waals surface area contributed by atoms with E-state index >= 15 is 0 Å². The molecule has 2 aromatic heterocycles. The summed E-state index contributed by atoms with van der Waals surface area (Å²) >= 11 is 6.41. The maximum Gasteiger partial charge on any atom is 0.338 e. The average molecular weight is 628 g/mol. The number of benzene rings is 2. The number of sulfone groups is 1. The Kier molecular flexibility index (Phi) is 8.84. The summed E-state index contributed by atoms with van der Waals surface area (Å²) in [5.74, 6) is -1.14. The lowest BCUT2D eigenvalue weighted by Crippen LogP contribution is -2.32. The van der Waals surface area contributed by atoms with Gasteiger partial charge in [-0.2, -0.15) is 4.98 Å². The van der Waals surface area contributed by atoms with Crippen molar-refractivity contribution in [1.29, 1.82) is 0 Å². The number of fused-ring (bicyclic) bond motifs is 1. The lowest BCUT2D eigenvalue weighted by Gasteiger charge is -2.19. The first kappa shape index (κ1) is 30.6. The first-order valence-corrected chi connectivity index (χ1v) is 15.8. The number of rotatable bonds is 9. The normalized spacial score (nSPS) is 18.6. The van der Waals surface area contributed by atoms with E-state index in [0.717, 1.165) is 17.4 Å². The summed E-state index contributed by atoms with van der Waals surface area (Å²) < 4.78 is 43.9. The quantitative estimate of drug-likeness (QED) is 0.164. The molecule has 0 amide bonds. The third kappa shape index (κ3) is 6.72. The van der Waals surface area contributed by atoms with Crippen LogP contribution in [0.15, 0.2) is 59.9 Å². The van der Waals surface area contributed by atoms with Crippen LogP contribution in [0.25, 0.3) is 11.0 Å². The fourth-order valence-electron chi connectivity index (χ4n) is 4.83. The molecule has 13 heteroatoms. The van der Waals surface area contributed by atoms with Gasteiger partial charge in [0.15, 0.2) is 0 Å². The van der Waals surface area contributed by atoms with E-state index in [-0.39, 0.29) is 36.9 Å². The molecule has 1 aliphatic heterocycles. The topological polar surface area (TPSA) is 147 Å². The predicted molar refractivity (Wildman–Crippen MR) is 157 cm³/mol. The van der Waals surface area contributed by atoms with Crippen molar-refractivity contribution in [3.8, 4) is 0 Å². The largest absolute Gasteiger partial charge is 0.459 e. The van der Waals surface area contributed by atoms with Gasteiger partial charge in [0.05, 0.1) is 16.5 Å². The van der Waals surface area contributed by atoms with E-state index < -0.39 is 45.4 Å². The average Bonchev–Trinajstić information content (AvgIpc) is 3.53. The Morgan fingerprint density at radius 2 is 1.63 bits per heavy atom. The minimum atomic E-state index is -3.82. The summed E-state index contributed by atoms with van der Waals surface area (Å²) in [6.45, 7) is 3.38. The SMILES string of the molecule is Cc1ccc(C(=O)OC[C@H]2O[C@@H](n3cc(CCO)c4c(Cl)nc(S(C)(=O)=O)nc43)C[C@@H]2OC(=O)c2ccc(C)cc2)cc1. The van der Waals surface area contributed by atoms with Gasteiger partial charge in [0, 0.05) is 25.5 Å². The van der Waals surface area contributed by atoms with Gasteiger partial charge in [-0.3, -0.25) is 0 Å². The molecule has 4 aromatic rings. The van der Waals surface area contributed by atoms with Crippen LogP contribution in [0.5, 0.6) is 0 Å². The van der Waals surface area contributed by atoms with E-state index in [1.54, 1.807) is 59.3 Å². The Balaban J connectivity index is 1.47. The van der Waals surface area contributed by atoms with Gasteiger partial charge in [0.1, 0.15) is 35.8 Å². The second-order valence-corrected chi connectivity index (χ2v) is 12.7. The summed E-state index contributed by atoms with van der Waals surface area (Å²) in [6.07, 6.45) is 0.431. The lowest BCUT2D eigenvalue weighted by molar-refractivity contribution is -0.0562. The van der Waals surface area contributed by atoms with Gasteiger partial charge in [0.25, 0.3) is 0 Å². The third-order valence-electron chi connectivity index (χ3n) is 7.10. The molecule has 3 atom stereocenters. The first-order valence-electron chi connectivity index (χ1n) is 13.5. The molecule has 0 bridgehead atoms. The summed E-state index contributed by atoms with van der Waals surface area (Å²) in [6, 6.07) is 13.8. The number of aryl methyl sites for hydroxylation is 2. The number of halogens is 1. The fourth-order valence-corrected chi connectivity index (χ4v) is 5.67. The van der Waals surface area contributed by atoms with E-state index in [1.165, 1.54) is 0 Å². The zero-order chi connectivity index (χ0) is 30.9. The van der Waals surface area contributed by atoms with Crippen LogP contribution in [0, 0.1) is 13.8 Å². The van der Waals surface area contributed by atoms with E-state index in [0.29, 0.717) is 22.1 Å². The Hall–Kier alpha value is -3.84. The highest BCUT2D eigenvalue weighted by atomic mass is 35.5. The highest BCUT2D eigenvalue weighted by Gasteiger charge is 2.41. The van der Waals surface area contributed by atoms with Crippen molar-refractivity contribution in [1.82, 2.24) is 14.5 Å². The molecule has 0 saturated carbocycles. The molecule has 11 nitrogen and oxygen atoms in total. The number of aliphatic hydroxyl groups is 1. The molecule has 5 rings (SSSR count). The van der Waals surface area contributed by atoms with E-state index in [2.05, 4.69) is 9.97 Å². The summed E-state index contributed by atoms with van der Waals surface area (Å²) in [7, 11) is -3.82. The highest BCUT2D eigenvalue weighted by Crippen LogP contribution is 2.37. The zero-order valence-electron chi connectivity index (χ0n) is 23.7. The molecular weight excluding hydrogens is 598 g/mol. The van der Waals surface area contributed by atoms with Crippen LogP contribution >= 0.6 is 11.6 Å². The summed E-state index contributed by atoms with van der Waals surface area (Å²) in [4.78, 5) is 34.0. The molecule has 2 aromatic carbocycles. The second kappa shape index (κ2) is 12.4. The number of carbonyl (C=O) groups excluding carboxylic acids is 2. The van der Waals surface area contributed by atoms with Crippen molar-refractivity contribution in [2.45, 2.75) is 50.3 Å². The number of carbonyl (C=O) groups is 2. The molecule has 0 spiro atoms. The van der Waals surface area contributed by atoms with Crippen molar-refractivity contribution >= 4 is 44.4 Å². The standard InChI is InChI=1S/C30H30ClN3O8S/c1-17-4-8-19(9-5-17)28(36)40-16-23-22(42-29(37)20-10-6-18(2)7-11-20)14-24(41-23)34-15-21(12-13-35)25-26(31)32-30(33-27(25)34)43(3,38)39/h4-11,15,22-24,35H,12-14,16H2,1-3H3/t22-,23+,24+/m0/s1. The van der Waals surface area contributed by atoms with Crippen LogP contribution in [-0.2, 0) is 30.5 Å². The Bertz CT molecular complexity index is 1770. The molecule has 0 unspecified atom stereocenters. The molecule has 0 radical (unpaired) electrons. The lowest BCUT2D eigenvalue weighted by atomic mass is 10.1. The molecule has 1 N–H and O–H groups in total. The van der Waals surface area contributed by atoms with Crippen molar-refractivity contribution < 1.29 is 37.3 Å². The highest BCUT2D eigenvalue weighted by molar-refractivity contribution is 7.90. The maximum atomic E-state index is 13.1. The molecule has 1 fully saturated rings. The fraction of sp³-hybridized carbons (Fsp3) is 0.333. The minimum absolute atomic E-state index is 0.0865. The number of nitrogens with zero attached hydrogens (tertiary/aromatic N) is 3. The van der Waals surface area contributed by atoms with Gasteiger partial charge in [-0.25, -0.2) is 23.0 Å². The number of aromatic nitrogens is 3. The summed E-state index contributed by atoms with van der Waals surface area (Å²) in [5.41, 5.74) is 3.43. The molecule has 43 heavy (non-hydrogen) atoms. The molecule has 226 valence electrons. The van der Waals surface area contributed by atoms with Crippen LogP contribution in [0.1, 0.15) is 50.1 Å². The second-order valence-electron chi connectivity index (χ2n) is 10.4. The zero-order valence-corrected chi connectivity index (χ0v) is 25.3. The van der Waals surface area contributed by atoms with Gasteiger partial charge in [-0.05, 0) is 50.1 Å². The number of ether oxygens (including phenoxy) is 3. The molecule has 1 aliphatic rings. The van der Waals surface area contributed by atoms with Crippen molar-refractivity contribution in [3.63, 3.8) is 0 Å². The Morgan fingerprint density at radius 3 is 2.21 bits per heavy atom. The third-order valence-corrected chi connectivity index (χ3v) is 8.22. The first-order chi connectivity index (χ1) is 20.4. The number of hydrogen-bond donors (Lipinski definition) is 1. The van der Waals surface area contributed by atoms with Crippen LogP contribution in [0.3, 0.4) is 0 Å². The van der Waals surface area contributed by atoms with Crippen LogP contribution in [-0.4, -0.2) is 71.7 Å². The summed E-state index contributed by atoms with van der Waals surface area (Å²) in [5, 5.41) is 9.46. The van der Waals surface area contributed by atoms with E-state index in [1.807, 2.05) is 13.8 Å².